The molecule has 30 heavy (non-hydrogen) atoms. The van der Waals surface area contributed by atoms with Gasteiger partial charge in [0.2, 0.25) is 0 Å². The molecule has 2 rings (SSSR count). The summed E-state index contributed by atoms with van der Waals surface area (Å²) in [6, 6.07) is 7.86. The lowest BCUT2D eigenvalue weighted by Crippen LogP contribution is -2.66. The van der Waals surface area contributed by atoms with Gasteiger partial charge in [0.05, 0.1) is 19.2 Å². The summed E-state index contributed by atoms with van der Waals surface area (Å²) in [4.78, 5) is 48.6. The van der Waals surface area contributed by atoms with Gasteiger partial charge in [-0.1, -0.05) is 30.3 Å². The maximum Gasteiger partial charge on any atom is 0.410 e. The molecule has 0 aromatic heterocycles. The maximum absolute atomic E-state index is 12.7. The van der Waals surface area contributed by atoms with Gasteiger partial charge in [-0.3, -0.25) is 19.3 Å². The van der Waals surface area contributed by atoms with Crippen LogP contribution in [0.5, 0.6) is 0 Å². The number of amides is 1. The van der Waals surface area contributed by atoms with E-state index in [1.54, 1.807) is 24.3 Å². The van der Waals surface area contributed by atoms with Gasteiger partial charge in [-0.2, -0.15) is 0 Å². The average Bonchev–Trinajstić information content (AvgIpc) is 2.68. The molecule has 10 heteroatoms. The molecule has 0 aliphatic carbocycles. The fourth-order valence-corrected chi connectivity index (χ4v) is 3.24. The van der Waals surface area contributed by atoms with Crippen LogP contribution in [0.2, 0.25) is 0 Å². The van der Waals surface area contributed by atoms with E-state index < -0.39 is 55.0 Å². The molecule has 1 N–H and O–H groups in total. The number of likely N-dealkylation sites (tertiary alicyclic amines) is 1. The Balaban J connectivity index is 2.28. The topological polar surface area (TPSA) is 129 Å². The van der Waals surface area contributed by atoms with E-state index in [0.29, 0.717) is 0 Å². The normalized spacial score (nSPS) is 23.3. The van der Waals surface area contributed by atoms with Gasteiger partial charge in [-0.25, -0.2) is 4.79 Å². The smallest absolute Gasteiger partial charge is 0.410 e. The van der Waals surface area contributed by atoms with Gasteiger partial charge in [0.25, 0.3) is 0 Å². The molecule has 1 heterocycles. The number of benzene rings is 1. The van der Waals surface area contributed by atoms with Crippen molar-refractivity contribution in [3.63, 3.8) is 0 Å². The number of carbonyl (C=O) groups is 4. The quantitative estimate of drug-likeness (QED) is 0.522. The van der Waals surface area contributed by atoms with Gasteiger partial charge in [0.15, 0.2) is 18.3 Å². The average molecular weight is 423 g/mol. The van der Waals surface area contributed by atoms with Crippen molar-refractivity contribution in [3.8, 4) is 0 Å². The molecule has 1 aliphatic rings. The van der Waals surface area contributed by atoms with E-state index in [0.717, 1.165) is 31.2 Å². The maximum atomic E-state index is 12.7. The van der Waals surface area contributed by atoms with Crippen molar-refractivity contribution in [2.75, 3.05) is 13.2 Å². The highest BCUT2D eigenvalue weighted by Gasteiger charge is 2.51. The molecular formula is C20H25NO9. The first kappa shape index (κ1) is 23.1. The standard InChI is InChI=1S/C20H25NO9/c1-12(23)28-17-9-21(20(26)27-11-15-7-5-4-6-8-15)16(10-22)18(29-13(2)24)19(17)30-14(3)25/h4-8,16-19,22H,9-11H2,1-3H3/t16-,17+,18+,19-/m1/s1. The zero-order chi connectivity index (χ0) is 22.3. The van der Waals surface area contributed by atoms with Crippen molar-refractivity contribution >= 4 is 24.0 Å². The predicted molar refractivity (Wildman–Crippen MR) is 101 cm³/mol. The van der Waals surface area contributed by atoms with E-state index >= 15 is 0 Å². The Labute approximate surface area is 173 Å². The summed E-state index contributed by atoms with van der Waals surface area (Å²) in [6.45, 7) is 2.56. The molecule has 0 radical (unpaired) electrons. The number of piperidine rings is 1. The molecule has 10 nitrogen and oxygen atoms in total. The monoisotopic (exact) mass is 423 g/mol. The van der Waals surface area contributed by atoms with E-state index in [1.165, 1.54) is 0 Å². The molecule has 0 saturated carbocycles. The number of carbonyl (C=O) groups excluding carboxylic acids is 4. The first-order valence-corrected chi connectivity index (χ1v) is 9.32. The van der Waals surface area contributed by atoms with Crippen molar-refractivity contribution in [2.24, 2.45) is 0 Å². The number of ether oxygens (including phenoxy) is 4. The predicted octanol–water partition coefficient (Wildman–Crippen LogP) is 0.795. The molecule has 0 spiro atoms. The molecule has 1 fully saturated rings. The lowest BCUT2D eigenvalue weighted by atomic mass is 9.93. The van der Waals surface area contributed by atoms with Crippen LogP contribution < -0.4 is 0 Å². The number of aliphatic hydroxyl groups excluding tert-OH is 1. The van der Waals surface area contributed by atoms with Gasteiger partial charge in [0, 0.05) is 20.8 Å². The molecule has 0 unspecified atom stereocenters. The second kappa shape index (κ2) is 10.6. The summed E-state index contributed by atoms with van der Waals surface area (Å²) in [5.41, 5.74) is 0.745. The minimum absolute atomic E-state index is 0.0296. The zero-order valence-corrected chi connectivity index (χ0v) is 17.0. The zero-order valence-electron chi connectivity index (χ0n) is 17.0. The highest BCUT2D eigenvalue weighted by Crippen LogP contribution is 2.27. The summed E-state index contributed by atoms with van der Waals surface area (Å²) >= 11 is 0. The van der Waals surface area contributed by atoms with E-state index in [4.69, 9.17) is 18.9 Å². The van der Waals surface area contributed by atoms with Gasteiger partial charge in [0.1, 0.15) is 6.61 Å². The van der Waals surface area contributed by atoms with E-state index in [1.807, 2.05) is 6.07 Å². The molecular weight excluding hydrogens is 398 g/mol. The molecule has 4 atom stereocenters. The number of nitrogens with zero attached hydrogens (tertiary/aromatic N) is 1. The van der Waals surface area contributed by atoms with Crippen LogP contribution in [0.1, 0.15) is 26.3 Å². The third-order valence-corrected chi connectivity index (χ3v) is 4.39. The van der Waals surface area contributed by atoms with Crippen LogP contribution in [0.4, 0.5) is 4.79 Å². The first-order chi connectivity index (χ1) is 14.2. The number of aliphatic hydroxyl groups is 1. The van der Waals surface area contributed by atoms with Crippen LogP contribution in [0.25, 0.3) is 0 Å². The van der Waals surface area contributed by atoms with Crippen LogP contribution in [0.15, 0.2) is 30.3 Å². The van der Waals surface area contributed by atoms with Crippen LogP contribution in [-0.4, -0.2) is 71.5 Å². The second-order valence-electron chi connectivity index (χ2n) is 6.74. The molecule has 0 bridgehead atoms. The number of hydrogen-bond acceptors (Lipinski definition) is 9. The lowest BCUT2D eigenvalue weighted by molar-refractivity contribution is -0.203. The van der Waals surface area contributed by atoms with Gasteiger partial charge < -0.3 is 24.1 Å². The Bertz CT molecular complexity index is 767. The van der Waals surface area contributed by atoms with Crippen molar-refractivity contribution < 1.29 is 43.2 Å². The molecule has 1 saturated heterocycles. The molecule has 1 aliphatic heterocycles. The van der Waals surface area contributed by atoms with E-state index in [-0.39, 0.29) is 13.2 Å². The van der Waals surface area contributed by atoms with Crippen molar-refractivity contribution in [1.82, 2.24) is 4.90 Å². The van der Waals surface area contributed by atoms with Crippen LogP contribution in [0, 0.1) is 0 Å². The first-order valence-electron chi connectivity index (χ1n) is 9.32. The van der Waals surface area contributed by atoms with Crippen LogP contribution >= 0.6 is 0 Å². The Morgan fingerprint density at radius 2 is 1.50 bits per heavy atom. The largest absolute Gasteiger partial charge is 0.457 e. The molecule has 164 valence electrons. The van der Waals surface area contributed by atoms with Crippen molar-refractivity contribution in [2.45, 2.75) is 51.7 Å². The molecule has 1 aromatic rings. The fraction of sp³-hybridized carbons (Fsp3) is 0.500. The summed E-state index contributed by atoms with van der Waals surface area (Å²) in [5, 5.41) is 9.91. The number of hydrogen-bond donors (Lipinski definition) is 1. The number of esters is 3. The van der Waals surface area contributed by atoms with Gasteiger partial charge >= 0.3 is 24.0 Å². The minimum atomic E-state index is -1.27. The van der Waals surface area contributed by atoms with E-state index in [9.17, 15) is 24.3 Å². The third-order valence-electron chi connectivity index (χ3n) is 4.39. The Morgan fingerprint density at radius 1 is 0.933 bits per heavy atom. The lowest BCUT2D eigenvalue weighted by Gasteiger charge is -2.45. The summed E-state index contributed by atoms with van der Waals surface area (Å²) in [7, 11) is 0. The highest BCUT2D eigenvalue weighted by molar-refractivity contribution is 5.71. The minimum Gasteiger partial charge on any atom is -0.457 e. The molecule has 1 aromatic carbocycles. The SMILES string of the molecule is CC(=O)O[C@@H]1[C@H](OC(C)=O)[C@@H](OC(C)=O)CN(C(=O)OCc2ccccc2)[C@@H]1CO. The van der Waals surface area contributed by atoms with Gasteiger partial charge in [-0.15, -0.1) is 0 Å². The van der Waals surface area contributed by atoms with Crippen LogP contribution in [0.3, 0.4) is 0 Å². The summed E-state index contributed by atoms with van der Waals surface area (Å²) in [5.74, 6) is -2.11. The third kappa shape index (κ3) is 6.18. The van der Waals surface area contributed by atoms with Crippen LogP contribution in [-0.2, 0) is 39.9 Å². The second-order valence-corrected chi connectivity index (χ2v) is 6.74. The van der Waals surface area contributed by atoms with Crippen molar-refractivity contribution in [1.29, 1.82) is 0 Å². The number of rotatable bonds is 6. The van der Waals surface area contributed by atoms with Crippen molar-refractivity contribution in [3.05, 3.63) is 35.9 Å². The Hall–Kier alpha value is -3.14. The Morgan fingerprint density at radius 3 is 2.03 bits per heavy atom. The Kier molecular flexibility index (Phi) is 8.16. The van der Waals surface area contributed by atoms with Gasteiger partial charge in [-0.05, 0) is 5.56 Å². The summed E-state index contributed by atoms with van der Waals surface area (Å²) in [6.07, 6.45) is -4.40. The van der Waals surface area contributed by atoms with E-state index in [2.05, 4.69) is 0 Å². The molecule has 1 amide bonds. The summed E-state index contributed by atoms with van der Waals surface area (Å²) < 4.78 is 21.0. The highest BCUT2D eigenvalue weighted by atomic mass is 16.6. The fourth-order valence-electron chi connectivity index (χ4n) is 3.24.